The van der Waals surface area contributed by atoms with E-state index in [0.29, 0.717) is 0 Å². The molecule has 7 heteroatoms. The summed E-state index contributed by atoms with van der Waals surface area (Å²) in [6, 6.07) is 0. The third kappa shape index (κ3) is 7.60. The summed E-state index contributed by atoms with van der Waals surface area (Å²) in [5, 5.41) is 7.14. The van der Waals surface area contributed by atoms with Gasteiger partial charge in [-0.05, 0) is 6.42 Å². The summed E-state index contributed by atoms with van der Waals surface area (Å²) in [5.41, 5.74) is 0. The molecule has 0 saturated carbocycles. The van der Waals surface area contributed by atoms with E-state index in [4.69, 9.17) is 5.14 Å². The van der Waals surface area contributed by atoms with E-state index in [0.717, 1.165) is 5.37 Å². The second-order valence-electron chi connectivity index (χ2n) is 1.53. The fraction of sp³-hybridized carbons (Fsp3) is 0.667. The highest BCUT2D eigenvalue weighted by atomic mass is 32.2. The van der Waals surface area contributed by atoms with Gasteiger partial charge in [0.05, 0.1) is 5.75 Å². The van der Waals surface area contributed by atoms with Crippen LogP contribution in [0.25, 0.3) is 0 Å². The maximum Gasteiger partial charge on any atom is 0.225 e. The molecule has 0 bridgehead atoms. The summed E-state index contributed by atoms with van der Waals surface area (Å²) in [6.45, 7) is 0. The summed E-state index contributed by atoms with van der Waals surface area (Å²) in [4.78, 5) is 0. The molecule has 59 valence electrons. The molecule has 0 aromatic carbocycles. The molecule has 0 rings (SSSR count). The number of nitrogens with one attached hydrogen (secondary N) is 1. The van der Waals surface area contributed by atoms with Crippen molar-refractivity contribution in [1.29, 1.82) is 0 Å². The van der Waals surface area contributed by atoms with E-state index in [1.54, 1.807) is 0 Å². The average Bonchev–Trinajstić information content (AvgIpc) is 1.59. The third-order valence-corrected chi connectivity index (χ3v) is 1.92. The molecule has 5 nitrogen and oxygen atoms in total. The lowest BCUT2D eigenvalue weighted by molar-refractivity contribution is 0.596. The topological polar surface area (TPSA) is 92.1 Å². The van der Waals surface area contributed by atoms with Crippen molar-refractivity contribution in [3.8, 4) is 0 Å². The van der Waals surface area contributed by atoms with Gasteiger partial charge in [0.25, 0.3) is 0 Å². The zero-order chi connectivity index (χ0) is 8.20. The van der Waals surface area contributed by atoms with Crippen molar-refractivity contribution in [2.75, 3.05) is 5.75 Å². The zero-order valence-electron chi connectivity index (χ0n) is 4.94. The minimum absolute atomic E-state index is 0.123. The Morgan fingerprint density at radius 1 is 1.40 bits per heavy atom. The van der Waals surface area contributed by atoms with Crippen LogP contribution in [0.3, 0.4) is 0 Å². The van der Waals surface area contributed by atoms with E-state index >= 15 is 0 Å². The van der Waals surface area contributed by atoms with Crippen molar-refractivity contribution in [2.24, 2.45) is 0 Å². The summed E-state index contributed by atoms with van der Waals surface area (Å²) in [7, 11) is -6.10. The molecule has 0 spiro atoms. The summed E-state index contributed by atoms with van der Waals surface area (Å²) in [5.74, 6) is -0.443. The van der Waals surface area contributed by atoms with E-state index < -0.39 is 26.1 Å². The maximum atomic E-state index is 10.1. The molecule has 0 saturated heterocycles. The SMILES string of the molecule is [NH]S(=O)(=O)CCC=S(=O)=O. The molecule has 0 fully saturated rings. The van der Waals surface area contributed by atoms with Crippen LogP contribution in [0.5, 0.6) is 0 Å². The van der Waals surface area contributed by atoms with E-state index in [1.165, 1.54) is 0 Å². The van der Waals surface area contributed by atoms with Gasteiger partial charge < -0.3 is 0 Å². The van der Waals surface area contributed by atoms with E-state index in [-0.39, 0.29) is 6.42 Å². The Hall–Kier alpha value is -0.400. The maximum absolute atomic E-state index is 10.1. The van der Waals surface area contributed by atoms with E-state index in [9.17, 15) is 16.8 Å². The Morgan fingerprint density at radius 2 is 1.90 bits per heavy atom. The fourth-order valence-corrected chi connectivity index (χ4v) is 1.19. The quantitative estimate of drug-likeness (QED) is 0.508. The normalized spacial score (nSPS) is 10.9. The molecular weight excluding hydrogens is 178 g/mol. The lowest BCUT2D eigenvalue weighted by atomic mass is 10.6. The van der Waals surface area contributed by atoms with Crippen LogP contribution < -0.4 is 5.14 Å². The highest BCUT2D eigenvalue weighted by Gasteiger charge is 2.00. The van der Waals surface area contributed by atoms with Gasteiger partial charge in [-0.1, -0.05) is 0 Å². The number of hydrogen-bond donors (Lipinski definition) is 0. The molecule has 0 aliphatic heterocycles. The van der Waals surface area contributed by atoms with Gasteiger partial charge in [-0.25, -0.2) is 8.42 Å². The van der Waals surface area contributed by atoms with E-state index in [2.05, 4.69) is 0 Å². The van der Waals surface area contributed by atoms with Crippen molar-refractivity contribution < 1.29 is 16.8 Å². The average molecular weight is 184 g/mol. The lowest BCUT2D eigenvalue weighted by Crippen LogP contribution is -2.06. The van der Waals surface area contributed by atoms with E-state index in [1.807, 2.05) is 0 Å². The van der Waals surface area contributed by atoms with Crippen LogP contribution in [-0.4, -0.2) is 28.0 Å². The molecule has 0 amide bonds. The van der Waals surface area contributed by atoms with Gasteiger partial charge in [0, 0.05) is 5.37 Å². The molecule has 0 atom stereocenters. The third-order valence-electron chi connectivity index (χ3n) is 0.641. The minimum Gasteiger partial charge on any atom is -0.211 e. The molecular formula is C3H6NO4S2. The van der Waals surface area contributed by atoms with Gasteiger partial charge >= 0.3 is 0 Å². The van der Waals surface area contributed by atoms with Crippen LogP contribution in [0.15, 0.2) is 0 Å². The number of sulfonamides is 1. The molecule has 0 heterocycles. The monoisotopic (exact) mass is 184 g/mol. The Balaban J connectivity index is 3.93. The molecule has 0 aliphatic rings. The van der Waals surface area contributed by atoms with Crippen LogP contribution in [-0.2, 0) is 20.3 Å². The second-order valence-corrected chi connectivity index (χ2v) is 4.03. The molecule has 10 heavy (non-hydrogen) atoms. The van der Waals surface area contributed by atoms with Gasteiger partial charge in [-0.2, -0.15) is 8.42 Å². The van der Waals surface area contributed by atoms with Crippen LogP contribution in [0.2, 0.25) is 0 Å². The van der Waals surface area contributed by atoms with Crippen molar-refractivity contribution >= 4 is 25.7 Å². The van der Waals surface area contributed by atoms with Crippen molar-refractivity contribution in [3.05, 3.63) is 0 Å². The first-order valence-corrected chi connectivity index (χ1v) is 5.09. The lowest BCUT2D eigenvalue weighted by Gasteiger charge is -1.86. The molecule has 0 unspecified atom stereocenters. The Bertz CT molecular complexity index is 302. The summed E-state index contributed by atoms with van der Waals surface area (Å²) in [6.07, 6.45) is -0.123. The highest BCUT2D eigenvalue weighted by Crippen LogP contribution is 1.82. The van der Waals surface area contributed by atoms with Crippen LogP contribution in [0.4, 0.5) is 0 Å². The molecule has 0 aromatic rings. The van der Waals surface area contributed by atoms with Gasteiger partial charge in [0.1, 0.15) is 0 Å². The van der Waals surface area contributed by atoms with Crippen molar-refractivity contribution in [1.82, 2.24) is 5.14 Å². The Labute approximate surface area is 60.4 Å². The second kappa shape index (κ2) is 3.69. The van der Waals surface area contributed by atoms with Crippen molar-refractivity contribution in [3.63, 3.8) is 0 Å². The minimum atomic E-state index is -3.77. The summed E-state index contributed by atoms with van der Waals surface area (Å²) >= 11 is 0. The smallest absolute Gasteiger partial charge is 0.211 e. The molecule has 0 aromatic heterocycles. The predicted octanol–water partition coefficient (Wildman–Crippen LogP) is -1.33. The van der Waals surface area contributed by atoms with Gasteiger partial charge in [0.2, 0.25) is 20.3 Å². The predicted molar refractivity (Wildman–Crippen MR) is 36.5 cm³/mol. The van der Waals surface area contributed by atoms with Gasteiger partial charge in [-0.15, -0.1) is 5.14 Å². The molecule has 0 aliphatic carbocycles. The first kappa shape index (κ1) is 9.60. The fourth-order valence-electron chi connectivity index (χ4n) is 0.299. The van der Waals surface area contributed by atoms with Gasteiger partial charge in [-0.3, -0.25) is 0 Å². The number of rotatable bonds is 3. The molecule has 1 N–H and O–H groups in total. The zero-order valence-corrected chi connectivity index (χ0v) is 6.57. The Kier molecular flexibility index (Phi) is 3.54. The Morgan fingerprint density at radius 3 is 2.20 bits per heavy atom. The van der Waals surface area contributed by atoms with Crippen LogP contribution >= 0.6 is 0 Å². The largest absolute Gasteiger partial charge is 0.225 e. The highest BCUT2D eigenvalue weighted by molar-refractivity contribution is 7.88. The summed E-state index contributed by atoms with van der Waals surface area (Å²) < 4.78 is 39.7. The number of hydrogen-bond acceptors (Lipinski definition) is 4. The first-order chi connectivity index (χ1) is 4.42. The first-order valence-electron chi connectivity index (χ1n) is 2.30. The van der Waals surface area contributed by atoms with Crippen LogP contribution in [0.1, 0.15) is 6.42 Å². The standard InChI is InChI=1S/C3H6NO4S2/c4-10(7,8)3-1-2-9(5)6/h2,4H,1,3H2. The molecule has 1 radical (unpaired) electrons. The van der Waals surface area contributed by atoms with Crippen molar-refractivity contribution in [2.45, 2.75) is 6.42 Å². The van der Waals surface area contributed by atoms with Crippen LogP contribution in [0, 0.1) is 0 Å². The van der Waals surface area contributed by atoms with Gasteiger partial charge in [0.15, 0.2) is 0 Å².